The van der Waals surface area contributed by atoms with Crippen LogP contribution in [0.2, 0.25) is 0 Å². The van der Waals surface area contributed by atoms with Crippen molar-refractivity contribution in [1.29, 1.82) is 0 Å². The highest BCUT2D eigenvalue weighted by atomic mass is 32.2. The average Bonchev–Trinajstić information content (AvgIpc) is 2.55. The Labute approximate surface area is 143 Å². The van der Waals surface area contributed by atoms with Gasteiger partial charge in [-0.3, -0.25) is 0 Å². The van der Waals surface area contributed by atoms with Gasteiger partial charge in [-0.15, -0.1) is 0 Å². The molecule has 2 aromatic carbocycles. The molecule has 0 bridgehead atoms. The summed E-state index contributed by atoms with van der Waals surface area (Å²) < 4.78 is 37.9. The Hall–Kier alpha value is -2.05. The summed E-state index contributed by atoms with van der Waals surface area (Å²) in [6.45, 7) is 4.16. The van der Waals surface area contributed by atoms with Crippen LogP contribution in [0, 0.1) is 0 Å². The molecule has 0 aliphatic rings. The van der Waals surface area contributed by atoms with Crippen molar-refractivity contribution in [3.05, 3.63) is 54.1 Å². The van der Waals surface area contributed by atoms with Gasteiger partial charge in [0, 0.05) is 6.54 Å². The zero-order chi connectivity index (χ0) is 17.6. The van der Waals surface area contributed by atoms with Crippen molar-refractivity contribution in [2.45, 2.75) is 31.3 Å². The largest absolute Gasteiger partial charge is 0.497 e. The highest BCUT2D eigenvalue weighted by Gasteiger charge is 2.13. The van der Waals surface area contributed by atoms with Crippen LogP contribution in [0.15, 0.2) is 53.4 Å². The Morgan fingerprint density at radius 3 is 2.38 bits per heavy atom. The monoisotopic (exact) mass is 349 g/mol. The van der Waals surface area contributed by atoms with Crippen molar-refractivity contribution in [2.24, 2.45) is 0 Å². The molecule has 5 nitrogen and oxygen atoms in total. The van der Waals surface area contributed by atoms with Crippen molar-refractivity contribution in [3.63, 3.8) is 0 Å². The van der Waals surface area contributed by atoms with E-state index in [0.717, 1.165) is 11.3 Å². The van der Waals surface area contributed by atoms with Crippen LogP contribution in [0.5, 0.6) is 11.5 Å². The van der Waals surface area contributed by atoms with Gasteiger partial charge < -0.3 is 9.47 Å². The van der Waals surface area contributed by atoms with Gasteiger partial charge in [0.05, 0.1) is 18.1 Å². The van der Waals surface area contributed by atoms with E-state index in [9.17, 15) is 8.42 Å². The molecule has 0 atom stereocenters. The molecule has 6 heteroatoms. The Balaban J connectivity index is 1.95. The van der Waals surface area contributed by atoms with Gasteiger partial charge >= 0.3 is 0 Å². The average molecular weight is 349 g/mol. The van der Waals surface area contributed by atoms with Crippen molar-refractivity contribution in [2.75, 3.05) is 13.7 Å². The third-order valence-electron chi connectivity index (χ3n) is 3.35. The van der Waals surface area contributed by atoms with Crippen LogP contribution in [0.4, 0.5) is 0 Å². The van der Waals surface area contributed by atoms with Gasteiger partial charge in [-0.05, 0) is 62.2 Å². The molecular formula is C18H23NO4S. The summed E-state index contributed by atoms with van der Waals surface area (Å²) in [6.07, 6.45) is 0.638. The molecular weight excluding hydrogens is 326 g/mol. The van der Waals surface area contributed by atoms with Gasteiger partial charge in [0.15, 0.2) is 0 Å². The van der Waals surface area contributed by atoms with Crippen molar-refractivity contribution in [1.82, 2.24) is 4.72 Å². The molecule has 2 aromatic rings. The number of methoxy groups -OCH3 is 1. The zero-order valence-corrected chi connectivity index (χ0v) is 15.0. The number of benzene rings is 2. The van der Waals surface area contributed by atoms with E-state index >= 15 is 0 Å². The molecule has 0 aromatic heterocycles. The second-order valence-corrected chi connectivity index (χ2v) is 7.40. The van der Waals surface area contributed by atoms with E-state index in [-0.39, 0.29) is 11.0 Å². The third kappa shape index (κ3) is 5.25. The molecule has 0 unspecified atom stereocenters. The third-order valence-corrected chi connectivity index (χ3v) is 4.82. The highest BCUT2D eigenvalue weighted by Crippen LogP contribution is 2.17. The molecule has 0 fully saturated rings. The van der Waals surface area contributed by atoms with Crippen LogP contribution in [-0.2, 0) is 16.4 Å². The van der Waals surface area contributed by atoms with Crippen LogP contribution in [0.3, 0.4) is 0 Å². The highest BCUT2D eigenvalue weighted by molar-refractivity contribution is 7.89. The fourth-order valence-electron chi connectivity index (χ4n) is 2.21. The first-order valence-electron chi connectivity index (χ1n) is 7.80. The first-order chi connectivity index (χ1) is 11.4. The zero-order valence-electron chi connectivity index (χ0n) is 14.2. The number of rotatable bonds is 8. The number of sulfonamides is 1. The van der Waals surface area contributed by atoms with Gasteiger partial charge in [-0.2, -0.15) is 0 Å². The van der Waals surface area contributed by atoms with Crippen LogP contribution in [0.25, 0.3) is 0 Å². The quantitative estimate of drug-likeness (QED) is 0.796. The fourth-order valence-corrected chi connectivity index (χ4v) is 3.24. The molecule has 0 aliphatic heterocycles. The molecule has 1 N–H and O–H groups in total. The van der Waals surface area contributed by atoms with E-state index in [1.54, 1.807) is 31.4 Å². The molecule has 0 heterocycles. The molecule has 0 amide bonds. The molecule has 0 spiro atoms. The smallest absolute Gasteiger partial charge is 0.240 e. The SMILES string of the molecule is COc1cccc(CCNS(=O)(=O)c2ccc(OC(C)C)cc2)c1. The van der Waals surface area contributed by atoms with Crippen molar-refractivity contribution < 1.29 is 17.9 Å². The minimum absolute atomic E-state index is 0.0495. The number of nitrogens with one attached hydrogen (secondary N) is 1. The van der Waals surface area contributed by atoms with Crippen LogP contribution in [-0.4, -0.2) is 28.2 Å². The summed E-state index contributed by atoms with van der Waals surface area (Å²) in [4.78, 5) is 0.226. The lowest BCUT2D eigenvalue weighted by atomic mass is 10.1. The van der Waals surface area contributed by atoms with Crippen LogP contribution in [0.1, 0.15) is 19.4 Å². The van der Waals surface area contributed by atoms with E-state index in [1.165, 1.54) is 0 Å². The summed E-state index contributed by atoms with van der Waals surface area (Å²) in [5, 5.41) is 0. The predicted molar refractivity (Wildman–Crippen MR) is 94.1 cm³/mol. The number of hydrogen-bond donors (Lipinski definition) is 1. The first-order valence-corrected chi connectivity index (χ1v) is 9.28. The number of ether oxygens (including phenoxy) is 2. The normalized spacial score (nSPS) is 11.5. The number of hydrogen-bond acceptors (Lipinski definition) is 4. The maximum Gasteiger partial charge on any atom is 0.240 e. The van der Waals surface area contributed by atoms with E-state index in [0.29, 0.717) is 18.7 Å². The Morgan fingerprint density at radius 1 is 1.04 bits per heavy atom. The standard InChI is InChI=1S/C18H23NO4S/c1-14(2)23-16-7-9-18(10-8-16)24(20,21)19-12-11-15-5-4-6-17(13-15)22-3/h4-10,13-14,19H,11-12H2,1-3H3. The summed E-state index contributed by atoms with van der Waals surface area (Å²) in [5.41, 5.74) is 1.01. The second-order valence-electron chi connectivity index (χ2n) is 5.64. The van der Waals surface area contributed by atoms with E-state index in [2.05, 4.69) is 4.72 Å². The summed E-state index contributed by atoms with van der Waals surface area (Å²) in [6, 6.07) is 14.0. The van der Waals surface area contributed by atoms with Gasteiger partial charge in [-0.1, -0.05) is 12.1 Å². The lowest BCUT2D eigenvalue weighted by Gasteiger charge is -2.11. The molecule has 130 valence electrons. The maximum atomic E-state index is 12.3. The molecule has 24 heavy (non-hydrogen) atoms. The predicted octanol–water partition coefficient (Wildman–Crippen LogP) is 3.00. The second kappa shape index (κ2) is 8.17. The Bertz CT molecular complexity index is 755. The lowest BCUT2D eigenvalue weighted by molar-refractivity contribution is 0.242. The van der Waals surface area contributed by atoms with Crippen molar-refractivity contribution in [3.8, 4) is 11.5 Å². The van der Waals surface area contributed by atoms with Crippen LogP contribution < -0.4 is 14.2 Å². The maximum absolute atomic E-state index is 12.3. The van der Waals surface area contributed by atoms with Gasteiger partial charge in [0.25, 0.3) is 0 Å². The van der Waals surface area contributed by atoms with Crippen molar-refractivity contribution >= 4 is 10.0 Å². The van der Waals surface area contributed by atoms with E-state index in [4.69, 9.17) is 9.47 Å². The molecule has 2 rings (SSSR count). The van der Waals surface area contributed by atoms with E-state index < -0.39 is 10.0 Å². The fraction of sp³-hybridized carbons (Fsp3) is 0.333. The summed E-state index contributed by atoms with van der Waals surface area (Å²) in [5.74, 6) is 1.41. The molecule has 0 aliphatic carbocycles. The Morgan fingerprint density at radius 2 is 1.75 bits per heavy atom. The molecule has 0 radical (unpaired) electrons. The first kappa shape index (κ1) is 18.3. The van der Waals surface area contributed by atoms with Gasteiger partial charge in [-0.25, -0.2) is 13.1 Å². The minimum atomic E-state index is -3.53. The minimum Gasteiger partial charge on any atom is -0.497 e. The summed E-state index contributed by atoms with van der Waals surface area (Å²) in [7, 11) is -1.92. The lowest BCUT2D eigenvalue weighted by Crippen LogP contribution is -2.26. The van der Waals surface area contributed by atoms with E-state index in [1.807, 2.05) is 38.1 Å². The van der Waals surface area contributed by atoms with Gasteiger partial charge in [0.1, 0.15) is 11.5 Å². The Kier molecular flexibility index (Phi) is 6.23. The van der Waals surface area contributed by atoms with Crippen LogP contribution >= 0.6 is 0 Å². The summed E-state index contributed by atoms with van der Waals surface area (Å²) >= 11 is 0. The van der Waals surface area contributed by atoms with Gasteiger partial charge in [0.2, 0.25) is 10.0 Å². The topological polar surface area (TPSA) is 64.6 Å². The molecule has 0 saturated carbocycles. The molecule has 0 saturated heterocycles.